The summed E-state index contributed by atoms with van der Waals surface area (Å²) in [6.07, 6.45) is 1.45. The molecule has 0 amide bonds. The minimum atomic E-state index is -4.82. The predicted molar refractivity (Wildman–Crippen MR) is 141 cm³/mol. The van der Waals surface area contributed by atoms with Crippen LogP contribution < -0.4 is 4.72 Å². The van der Waals surface area contributed by atoms with Gasteiger partial charge in [-0.25, -0.2) is 36.5 Å². The summed E-state index contributed by atoms with van der Waals surface area (Å²) in [5.74, 6) is -3.55. The van der Waals surface area contributed by atoms with Crippen LogP contribution in [0.15, 0.2) is 77.8 Å². The van der Waals surface area contributed by atoms with Gasteiger partial charge in [-0.3, -0.25) is 4.72 Å². The minimum absolute atomic E-state index is 0.0210. The van der Waals surface area contributed by atoms with Crippen LogP contribution in [0.5, 0.6) is 0 Å². The Kier molecular flexibility index (Phi) is 6.91. The van der Waals surface area contributed by atoms with Crippen molar-refractivity contribution in [2.75, 3.05) is 4.72 Å². The molecule has 0 saturated carbocycles. The largest absolute Gasteiger partial charge is 0.276 e. The zero-order valence-corrected chi connectivity index (χ0v) is 21.8. The smallest absolute Gasteiger partial charge is 0.267 e. The number of nitrogens with one attached hydrogen (secondary N) is 1. The number of thiazole rings is 1. The highest BCUT2D eigenvalue weighted by atomic mass is 35.5. The van der Waals surface area contributed by atoms with Gasteiger partial charge in [0.15, 0.2) is 10.7 Å². The third-order valence-corrected chi connectivity index (χ3v) is 8.23. The summed E-state index contributed by atoms with van der Waals surface area (Å²) < 4.78 is 72.5. The highest BCUT2D eigenvalue weighted by Gasteiger charge is 2.28. The Morgan fingerprint density at radius 3 is 2.39 bits per heavy atom. The Labute approximate surface area is 224 Å². The van der Waals surface area contributed by atoms with Gasteiger partial charge in [-0.2, -0.15) is 0 Å². The summed E-state index contributed by atoms with van der Waals surface area (Å²) >= 11 is 7.23. The van der Waals surface area contributed by atoms with Crippen molar-refractivity contribution in [3.05, 3.63) is 101 Å². The number of aryl methyl sites for hydroxylation is 1. The van der Waals surface area contributed by atoms with Crippen LogP contribution >= 0.6 is 22.9 Å². The number of sulfonamides is 1. The van der Waals surface area contributed by atoms with Crippen LogP contribution in [0, 0.1) is 24.4 Å². The fourth-order valence-electron chi connectivity index (χ4n) is 3.71. The van der Waals surface area contributed by atoms with E-state index in [0.717, 1.165) is 23.8 Å². The highest BCUT2D eigenvalue weighted by Crippen LogP contribution is 2.42. The van der Waals surface area contributed by atoms with Crippen molar-refractivity contribution in [3.8, 4) is 32.4 Å². The fourth-order valence-corrected chi connectivity index (χ4v) is 6.18. The highest BCUT2D eigenvalue weighted by molar-refractivity contribution is 7.92. The summed E-state index contributed by atoms with van der Waals surface area (Å²) in [6.45, 7) is 1.29. The van der Waals surface area contributed by atoms with Crippen LogP contribution in [-0.2, 0) is 10.0 Å². The van der Waals surface area contributed by atoms with Crippen LogP contribution in [0.3, 0.4) is 0 Å². The average molecular weight is 573 g/mol. The van der Waals surface area contributed by atoms with Gasteiger partial charge in [0.05, 0.1) is 22.0 Å². The maximum absolute atomic E-state index is 15.9. The van der Waals surface area contributed by atoms with Gasteiger partial charge in [0.1, 0.15) is 16.6 Å². The maximum atomic E-state index is 15.9. The molecule has 2 heterocycles. The molecule has 0 spiro atoms. The molecule has 0 aliphatic rings. The maximum Gasteiger partial charge on any atom is 0.267 e. The molecule has 192 valence electrons. The van der Waals surface area contributed by atoms with E-state index in [1.807, 2.05) is 35.1 Å². The lowest BCUT2D eigenvalue weighted by molar-refractivity contribution is 0.516. The standard InChI is InChI=1S/C26H16ClF3N4O2S2/c1-14-10-11-17(28)24(20(14)29)38(35,36)34-18-9-5-8-16(21(18)30)22-23(19-12-13-31-26(27)32-19)37-25(33-22)15-6-3-2-4-7-15/h2-13,34H,1H3. The van der Waals surface area contributed by atoms with Crippen molar-refractivity contribution < 1.29 is 21.6 Å². The molecule has 1 N–H and O–H groups in total. The number of benzene rings is 3. The summed E-state index contributed by atoms with van der Waals surface area (Å²) in [4.78, 5) is 12.0. The van der Waals surface area contributed by atoms with E-state index in [0.29, 0.717) is 15.6 Å². The Balaban J connectivity index is 1.64. The van der Waals surface area contributed by atoms with E-state index in [4.69, 9.17) is 11.6 Å². The summed E-state index contributed by atoms with van der Waals surface area (Å²) in [7, 11) is -4.82. The normalized spacial score (nSPS) is 11.5. The molecule has 0 unspecified atom stereocenters. The van der Waals surface area contributed by atoms with Gasteiger partial charge in [-0.05, 0) is 48.4 Å². The molecule has 0 atom stereocenters. The van der Waals surface area contributed by atoms with Gasteiger partial charge in [-0.15, -0.1) is 11.3 Å². The minimum Gasteiger partial charge on any atom is -0.276 e. The van der Waals surface area contributed by atoms with E-state index in [1.165, 1.54) is 36.6 Å². The molecule has 0 aliphatic carbocycles. The third-order valence-electron chi connectivity index (χ3n) is 5.52. The number of hydrogen-bond donors (Lipinski definition) is 1. The quantitative estimate of drug-likeness (QED) is 0.219. The first-order valence-electron chi connectivity index (χ1n) is 11.0. The zero-order valence-electron chi connectivity index (χ0n) is 19.4. The molecule has 12 heteroatoms. The third kappa shape index (κ3) is 4.87. The monoisotopic (exact) mass is 572 g/mol. The van der Waals surface area contributed by atoms with Gasteiger partial charge in [0, 0.05) is 17.3 Å². The van der Waals surface area contributed by atoms with E-state index in [9.17, 15) is 17.2 Å². The van der Waals surface area contributed by atoms with Crippen LogP contribution in [0.4, 0.5) is 18.9 Å². The molecule has 5 rings (SSSR count). The lowest BCUT2D eigenvalue weighted by Crippen LogP contribution is -2.18. The van der Waals surface area contributed by atoms with Crippen molar-refractivity contribution >= 4 is 38.6 Å². The average Bonchev–Trinajstić information content (AvgIpc) is 3.33. The van der Waals surface area contributed by atoms with E-state index in [1.54, 1.807) is 6.07 Å². The van der Waals surface area contributed by atoms with Crippen molar-refractivity contribution in [3.63, 3.8) is 0 Å². The van der Waals surface area contributed by atoms with Crippen LogP contribution in [0.2, 0.25) is 5.28 Å². The van der Waals surface area contributed by atoms with Gasteiger partial charge in [0.2, 0.25) is 5.28 Å². The van der Waals surface area contributed by atoms with Crippen LogP contribution in [0.1, 0.15) is 5.56 Å². The predicted octanol–water partition coefficient (Wildman–Crippen LogP) is 7.11. The number of nitrogens with zero attached hydrogens (tertiary/aromatic N) is 3. The van der Waals surface area contributed by atoms with Gasteiger partial charge < -0.3 is 0 Å². The molecular weight excluding hydrogens is 557 g/mol. The first-order valence-corrected chi connectivity index (χ1v) is 13.6. The van der Waals surface area contributed by atoms with E-state index < -0.39 is 38.1 Å². The summed E-state index contributed by atoms with van der Waals surface area (Å²) in [5, 5.41) is 0.534. The van der Waals surface area contributed by atoms with Crippen molar-refractivity contribution in [2.24, 2.45) is 0 Å². The topological polar surface area (TPSA) is 84.8 Å². The van der Waals surface area contributed by atoms with E-state index in [2.05, 4.69) is 15.0 Å². The molecule has 0 radical (unpaired) electrons. The van der Waals surface area contributed by atoms with E-state index >= 15 is 4.39 Å². The molecule has 38 heavy (non-hydrogen) atoms. The lowest BCUT2D eigenvalue weighted by Gasteiger charge is -2.13. The molecule has 0 bridgehead atoms. The van der Waals surface area contributed by atoms with Crippen LogP contribution in [-0.4, -0.2) is 23.4 Å². The van der Waals surface area contributed by atoms with Crippen molar-refractivity contribution in [1.82, 2.24) is 15.0 Å². The SMILES string of the molecule is Cc1ccc(F)c(S(=O)(=O)Nc2cccc(-c3nc(-c4ccccc4)sc3-c3ccnc(Cl)n3)c2F)c1F. The number of rotatable bonds is 6. The Bertz CT molecular complexity index is 1780. The first kappa shape index (κ1) is 25.8. The van der Waals surface area contributed by atoms with Crippen molar-refractivity contribution in [1.29, 1.82) is 0 Å². The molecular formula is C26H16ClF3N4O2S2. The molecule has 6 nitrogen and oxygen atoms in total. The summed E-state index contributed by atoms with van der Waals surface area (Å²) in [5.41, 5.74) is 0.684. The Hall–Kier alpha value is -3.80. The second kappa shape index (κ2) is 10.2. The van der Waals surface area contributed by atoms with Crippen molar-refractivity contribution in [2.45, 2.75) is 11.8 Å². The van der Waals surface area contributed by atoms with Gasteiger partial charge in [-0.1, -0.05) is 42.5 Å². The molecule has 2 aromatic heterocycles. The second-order valence-electron chi connectivity index (χ2n) is 8.05. The first-order chi connectivity index (χ1) is 18.2. The number of aromatic nitrogens is 3. The number of hydrogen-bond acceptors (Lipinski definition) is 6. The Morgan fingerprint density at radius 1 is 0.895 bits per heavy atom. The molecule has 0 fully saturated rings. The molecule has 0 aliphatic heterocycles. The van der Waals surface area contributed by atoms with E-state index in [-0.39, 0.29) is 22.1 Å². The van der Waals surface area contributed by atoms with Gasteiger partial charge >= 0.3 is 0 Å². The Morgan fingerprint density at radius 2 is 1.66 bits per heavy atom. The second-order valence-corrected chi connectivity index (χ2v) is 11.0. The molecule has 3 aromatic carbocycles. The van der Waals surface area contributed by atoms with Crippen LogP contribution in [0.25, 0.3) is 32.4 Å². The molecule has 0 saturated heterocycles. The zero-order chi connectivity index (χ0) is 27.0. The lowest BCUT2D eigenvalue weighted by atomic mass is 10.1. The number of halogens is 4. The molecule has 5 aromatic rings. The summed E-state index contributed by atoms with van der Waals surface area (Å²) in [6, 6.07) is 16.7. The number of anilines is 1. The van der Waals surface area contributed by atoms with Gasteiger partial charge in [0.25, 0.3) is 10.0 Å². The fraction of sp³-hybridized carbons (Fsp3) is 0.0385.